The molecule has 7 heteroatoms. The third kappa shape index (κ3) is 4.98. The lowest BCUT2D eigenvalue weighted by atomic mass is 9.97. The van der Waals surface area contributed by atoms with Crippen LogP contribution in [0.25, 0.3) is 0 Å². The number of hydrogen-bond acceptors (Lipinski definition) is 3. The van der Waals surface area contributed by atoms with Crippen LogP contribution in [0.3, 0.4) is 0 Å². The van der Waals surface area contributed by atoms with Gasteiger partial charge in [-0.2, -0.15) is 0 Å². The molecule has 5 nitrogen and oxygen atoms in total. The average molecular weight is 331 g/mol. The average Bonchev–Trinajstić information content (AvgIpc) is 2.44. The zero-order valence-corrected chi connectivity index (χ0v) is 13.5. The van der Waals surface area contributed by atoms with Crippen LogP contribution in [-0.4, -0.2) is 45.1 Å². The summed E-state index contributed by atoms with van der Waals surface area (Å²) >= 11 is 5.91. The van der Waals surface area contributed by atoms with Crippen molar-refractivity contribution in [1.82, 2.24) is 9.62 Å². The Morgan fingerprint density at radius 1 is 1.48 bits per heavy atom. The van der Waals surface area contributed by atoms with Crippen LogP contribution in [0, 0.1) is 5.92 Å². The fraction of sp³-hybridized carbons (Fsp3) is 0.500. The molecule has 0 spiro atoms. The molecule has 0 radical (unpaired) electrons. The van der Waals surface area contributed by atoms with Gasteiger partial charge < -0.3 is 4.90 Å². The molecule has 1 aliphatic heterocycles. The molecule has 21 heavy (non-hydrogen) atoms. The van der Waals surface area contributed by atoms with Crippen molar-refractivity contribution in [2.24, 2.45) is 5.92 Å². The number of nitrogens with one attached hydrogen (secondary N) is 1. The summed E-state index contributed by atoms with van der Waals surface area (Å²) in [6.07, 6.45) is 2.94. The molecular weight excluding hydrogens is 312 g/mol. The predicted octanol–water partition coefficient (Wildman–Crippen LogP) is 1.74. The van der Waals surface area contributed by atoms with Crippen molar-refractivity contribution in [2.75, 3.05) is 25.9 Å². The number of halogens is 1. The van der Waals surface area contributed by atoms with E-state index in [4.69, 9.17) is 11.6 Å². The summed E-state index contributed by atoms with van der Waals surface area (Å²) in [6, 6.07) is 6.88. The van der Waals surface area contributed by atoms with E-state index in [1.54, 1.807) is 29.2 Å². The van der Waals surface area contributed by atoms with Crippen LogP contribution in [0.4, 0.5) is 0 Å². The highest BCUT2D eigenvalue weighted by atomic mass is 35.5. The Kier molecular flexibility index (Phi) is 5.24. The Labute approximate surface area is 130 Å². The van der Waals surface area contributed by atoms with Crippen LogP contribution in [0.5, 0.6) is 0 Å². The Morgan fingerprint density at radius 2 is 2.24 bits per heavy atom. The maximum atomic E-state index is 12.4. The standard InChI is InChI=1S/C14H19ClN2O3S/c1-21(19,20)16-9-11-4-3-7-17(10-11)14(18)12-5-2-6-13(15)8-12/h2,5-6,8,11,16H,3-4,7,9-10H2,1H3/t11-/m0/s1. The first-order valence-corrected chi connectivity index (χ1v) is 9.11. The summed E-state index contributed by atoms with van der Waals surface area (Å²) in [6.45, 7) is 1.63. The quantitative estimate of drug-likeness (QED) is 0.914. The minimum atomic E-state index is -3.19. The van der Waals surface area contributed by atoms with Crippen molar-refractivity contribution in [1.29, 1.82) is 0 Å². The first-order chi connectivity index (χ1) is 9.85. The summed E-state index contributed by atoms with van der Waals surface area (Å²) in [5.74, 6) is 0.0955. The predicted molar refractivity (Wildman–Crippen MR) is 82.9 cm³/mol. The van der Waals surface area contributed by atoms with E-state index in [-0.39, 0.29) is 11.8 Å². The summed E-state index contributed by atoms with van der Waals surface area (Å²) in [5.41, 5.74) is 0.569. The van der Waals surface area contributed by atoms with E-state index >= 15 is 0 Å². The second-order valence-electron chi connectivity index (χ2n) is 5.39. The molecule has 0 aliphatic carbocycles. The fourth-order valence-electron chi connectivity index (χ4n) is 2.49. The molecule has 1 aromatic rings. The minimum Gasteiger partial charge on any atom is -0.338 e. The highest BCUT2D eigenvalue weighted by Crippen LogP contribution is 2.19. The maximum absolute atomic E-state index is 12.4. The SMILES string of the molecule is CS(=O)(=O)NC[C@@H]1CCCN(C(=O)c2cccc(Cl)c2)C1. The third-order valence-corrected chi connectivity index (χ3v) is 4.44. The van der Waals surface area contributed by atoms with Crippen molar-refractivity contribution in [2.45, 2.75) is 12.8 Å². The summed E-state index contributed by atoms with van der Waals surface area (Å²) in [4.78, 5) is 14.2. The maximum Gasteiger partial charge on any atom is 0.253 e. The van der Waals surface area contributed by atoms with E-state index in [0.29, 0.717) is 30.2 Å². The fourth-order valence-corrected chi connectivity index (χ4v) is 3.22. The van der Waals surface area contributed by atoms with Crippen molar-refractivity contribution in [3.8, 4) is 0 Å². The summed E-state index contributed by atoms with van der Waals surface area (Å²) in [5, 5.41) is 0.535. The largest absolute Gasteiger partial charge is 0.338 e. The number of sulfonamides is 1. The summed E-state index contributed by atoms with van der Waals surface area (Å²) in [7, 11) is -3.19. The van der Waals surface area contributed by atoms with Gasteiger partial charge >= 0.3 is 0 Å². The molecule has 1 amide bonds. The van der Waals surface area contributed by atoms with Crippen molar-refractivity contribution in [3.05, 3.63) is 34.9 Å². The second kappa shape index (κ2) is 6.77. The molecule has 1 saturated heterocycles. The van der Waals surface area contributed by atoms with Gasteiger partial charge in [0.2, 0.25) is 10.0 Å². The molecule has 0 unspecified atom stereocenters. The van der Waals surface area contributed by atoms with Crippen LogP contribution in [0.1, 0.15) is 23.2 Å². The number of hydrogen-bond donors (Lipinski definition) is 1. The number of nitrogens with zero attached hydrogens (tertiary/aromatic N) is 1. The molecule has 1 atom stereocenters. The lowest BCUT2D eigenvalue weighted by molar-refractivity contribution is 0.0676. The van der Waals surface area contributed by atoms with E-state index < -0.39 is 10.0 Å². The van der Waals surface area contributed by atoms with E-state index in [9.17, 15) is 13.2 Å². The normalized spacial score (nSPS) is 19.5. The van der Waals surface area contributed by atoms with Gasteiger partial charge in [-0.05, 0) is 37.0 Å². The Bertz CT molecular complexity index is 618. The number of piperidine rings is 1. The van der Waals surface area contributed by atoms with Crippen molar-refractivity contribution in [3.63, 3.8) is 0 Å². The molecule has 1 fully saturated rings. The van der Waals surface area contributed by atoms with Crippen LogP contribution in [0.15, 0.2) is 24.3 Å². The van der Waals surface area contributed by atoms with Gasteiger partial charge in [0.25, 0.3) is 5.91 Å². The zero-order valence-electron chi connectivity index (χ0n) is 11.9. The first kappa shape index (κ1) is 16.3. The van der Waals surface area contributed by atoms with Crippen LogP contribution in [0.2, 0.25) is 5.02 Å². The van der Waals surface area contributed by atoms with E-state index in [1.807, 2.05) is 0 Å². The van der Waals surface area contributed by atoms with Gasteiger partial charge in [0.05, 0.1) is 6.26 Å². The molecule has 1 aliphatic rings. The molecule has 0 aromatic heterocycles. The van der Waals surface area contributed by atoms with E-state index in [2.05, 4.69) is 4.72 Å². The van der Waals surface area contributed by atoms with Gasteiger partial charge in [0.1, 0.15) is 0 Å². The topological polar surface area (TPSA) is 66.5 Å². The van der Waals surface area contributed by atoms with Gasteiger partial charge in [0, 0.05) is 30.2 Å². The number of carbonyl (C=O) groups excluding carboxylic acids is 1. The van der Waals surface area contributed by atoms with Gasteiger partial charge in [-0.3, -0.25) is 4.79 Å². The molecule has 1 N–H and O–H groups in total. The Hall–Kier alpha value is -1.11. The molecule has 0 saturated carbocycles. The van der Waals surface area contributed by atoms with Crippen molar-refractivity contribution >= 4 is 27.5 Å². The van der Waals surface area contributed by atoms with Crippen LogP contribution in [-0.2, 0) is 10.0 Å². The van der Waals surface area contributed by atoms with Gasteiger partial charge in [-0.25, -0.2) is 13.1 Å². The first-order valence-electron chi connectivity index (χ1n) is 6.84. The molecule has 1 aromatic carbocycles. The number of rotatable bonds is 4. The molecular formula is C14H19ClN2O3S. The lowest BCUT2D eigenvalue weighted by Gasteiger charge is -2.32. The minimum absolute atomic E-state index is 0.0541. The van der Waals surface area contributed by atoms with Gasteiger partial charge in [-0.1, -0.05) is 17.7 Å². The third-order valence-electron chi connectivity index (χ3n) is 3.51. The van der Waals surface area contributed by atoms with E-state index in [1.165, 1.54) is 0 Å². The second-order valence-corrected chi connectivity index (χ2v) is 7.66. The van der Waals surface area contributed by atoms with Gasteiger partial charge in [0.15, 0.2) is 0 Å². The number of benzene rings is 1. The zero-order chi connectivity index (χ0) is 15.5. The Morgan fingerprint density at radius 3 is 2.90 bits per heavy atom. The number of amides is 1. The molecule has 1 heterocycles. The molecule has 2 rings (SSSR count). The van der Waals surface area contributed by atoms with Crippen LogP contribution >= 0.6 is 11.6 Å². The highest BCUT2D eigenvalue weighted by Gasteiger charge is 2.25. The smallest absolute Gasteiger partial charge is 0.253 e. The van der Waals surface area contributed by atoms with E-state index in [0.717, 1.165) is 19.1 Å². The summed E-state index contributed by atoms with van der Waals surface area (Å²) < 4.78 is 24.8. The monoisotopic (exact) mass is 330 g/mol. The van der Waals surface area contributed by atoms with Crippen molar-refractivity contribution < 1.29 is 13.2 Å². The molecule has 0 bridgehead atoms. The molecule has 116 valence electrons. The van der Waals surface area contributed by atoms with Crippen LogP contribution < -0.4 is 4.72 Å². The Balaban J connectivity index is 1.99. The lowest BCUT2D eigenvalue weighted by Crippen LogP contribution is -2.43. The number of likely N-dealkylation sites (tertiary alicyclic amines) is 1. The number of carbonyl (C=O) groups is 1. The highest BCUT2D eigenvalue weighted by molar-refractivity contribution is 7.88. The van der Waals surface area contributed by atoms with Gasteiger partial charge in [-0.15, -0.1) is 0 Å².